The highest BCUT2D eigenvalue weighted by molar-refractivity contribution is 14.1. The van der Waals surface area contributed by atoms with Gasteiger partial charge in [-0.15, -0.1) is 0 Å². The normalized spacial score (nSPS) is 27.8. The number of hydrogen-bond acceptors (Lipinski definition) is 0. The van der Waals surface area contributed by atoms with E-state index >= 15 is 0 Å². The average Bonchev–Trinajstić information content (AvgIpc) is 1.64. The Bertz CT molecular complexity index is 137. The number of allylic oxidation sites excluding steroid dienone is 4. The van der Waals surface area contributed by atoms with Crippen molar-refractivity contribution in [3.8, 4) is 0 Å². The molecule has 0 heterocycles. The second-order valence-electron chi connectivity index (χ2n) is 1.71. The molecule has 8 heavy (non-hydrogen) atoms. The minimum absolute atomic E-state index is 0.101. The topological polar surface area (TPSA) is 0 Å². The maximum atomic E-state index is 12.2. The Kier molecular flexibility index (Phi) is 2.05. The average molecular weight is 224 g/mol. The van der Waals surface area contributed by atoms with Gasteiger partial charge >= 0.3 is 0 Å². The predicted molar refractivity (Wildman–Crippen MR) is 40.8 cm³/mol. The van der Waals surface area contributed by atoms with Crippen LogP contribution >= 0.6 is 22.6 Å². The molecule has 0 nitrogen and oxygen atoms in total. The third-order valence-corrected chi connectivity index (χ3v) is 1.85. The fraction of sp³-hybridized carbons (Fsp3) is 0.333. The van der Waals surface area contributed by atoms with Gasteiger partial charge in [0.25, 0.3) is 0 Å². The summed E-state index contributed by atoms with van der Waals surface area (Å²) in [6, 6.07) is 0. The van der Waals surface area contributed by atoms with Gasteiger partial charge in [-0.2, -0.15) is 0 Å². The van der Waals surface area contributed by atoms with Crippen molar-refractivity contribution in [2.75, 3.05) is 0 Å². The SMILES string of the molecule is FC1=CC(I)CC=C1. The molecule has 0 fully saturated rings. The minimum atomic E-state index is -0.101. The highest BCUT2D eigenvalue weighted by atomic mass is 127. The molecular weight excluding hydrogens is 218 g/mol. The van der Waals surface area contributed by atoms with Crippen LogP contribution in [0.4, 0.5) is 4.39 Å². The molecule has 1 aliphatic carbocycles. The van der Waals surface area contributed by atoms with E-state index in [-0.39, 0.29) is 5.83 Å². The van der Waals surface area contributed by atoms with Crippen LogP contribution in [0, 0.1) is 0 Å². The van der Waals surface area contributed by atoms with Gasteiger partial charge in [-0.1, -0.05) is 28.7 Å². The lowest BCUT2D eigenvalue weighted by molar-refractivity contribution is 0.655. The fourth-order valence-corrected chi connectivity index (χ4v) is 1.24. The highest BCUT2D eigenvalue weighted by Crippen LogP contribution is 2.17. The Morgan fingerprint density at radius 1 is 1.75 bits per heavy atom. The van der Waals surface area contributed by atoms with Crippen molar-refractivity contribution < 1.29 is 4.39 Å². The van der Waals surface area contributed by atoms with Gasteiger partial charge < -0.3 is 0 Å². The quantitative estimate of drug-likeness (QED) is 0.438. The Balaban J connectivity index is 2.63. The standard InChI is InChI=1S/C6H6FI/c7-5-2-1-3-6(8)4-5/h1-2,4,6H,3H2. The molecule has 1 unspecified atom stereocenters. The molecule has 2 heteroatoms. The van der Waals surface area contributed by atoms with E-state index in [0.717, 1.165) is 6.42 Å². The molecule has 1 rings (SSSR count). The summed E-state index contributed by atoms with van der Waals surface area (Å²) in [5.74, 6) is -0.101. The number of hydrogen-bond donors (Lipinski definition) is 0. The lowest BCUT2D eigenvalue weighted by Gasteiger charge is -2.03. The van der Waals surface area contributed by atoms with Crippen molar-refractivity contribution >= 4 is 22.6 Å². The first-order chi connectivity index (χ1) is 3.79. The molecule has 0 amide bonds. The van der Waals surface area contributed by atoms with Crippen LogP contribution in [0.3, 0.4) is 0 Å². The van der Waals surface area contributed by atoms with Crippen molar-refractivity contribution in [2.24, 2.45) is 0 Å². The first-order valence-electron chi connectivity index (χ1n) is 2.47. The van der Waals surface area contributed by atoms with Crippen LogP contribution in [0.15, 0.2) is 24.1 Å². The second-order valence-corrected chi connectivity index (χ2v) is 3.31. The van der Waals surface area contributed by atoms with Gasteiger partial charge in [0.1, 0.15) is 5.83 Å². The smallest absolute Gasteiger partial charge is 0.119 e. The molecular formula is C6H6FI. The van der Waals surface area contributed by atoms with E-state index < -0.39 is 0 Å². The summed E-state index contributed by atoms with van der Waals surface area (Å²) in [6.45, 7) is 0. The van der Waals surface area contributed by atoms with Crippen LogP contribution in [0.25, 0.3) is 0 Å². The zero-order valence-corrected chi connectivity index (χ0v) is 6.43. The summed E-state index contributed by atoms with van der Waals surface area (Å²) in [6.07, 6.45) is 5.95. The van der Waals surface area contributed by atoms with E-state index in [1.54, 1.807) is 6.08 Å². The molecule has 1 atom stereocenters. The summed E-state index contributed by atoms with van der Waals surface area (Å²) in [5, 5.41) is 0. The summed E-state index contributed by atoms with van der Waals surface area (Å²) in [7, 11) is 0. The molecule has 0 saturated carbocycles. The first kappa shape index (κ1) is 6.26. The summed E-state index contributed by atoms with van der Waals surface area (Å²) in [4.78, 5) is 0. The third kappa shape index (κ3) is 1.58. The lowest BCUT2D eigenvalue weighted by Crippen LogP contribution is -1.93. The minimum Gasteiger partial charge on any atom is -0.207 e. The van der Waals surface area contributed by atoms with E-state index in [4.69, 9.17) is 0 Å². The van der Waals surface area contributed by atoms with Crippen molar-refractivity contribution in [2.45, 2.75) is 10.3 Å². The van der Waals surface area contributed by atoms with Crippen molar-refractivity contribution in [3.63, 3.8) is 0 Å². The first-order valence-corrected chi connectivity index (χ1v) is 3.71. The second kappa shape index (κ2) is 2.62. The molecule has 0 aliphatic heterocycles. The van der Waals surface area contributed by atoms with Crippen LogP contribution in [0.2, 0.25) is 0 Å². The van der Waals surface area contributed by atoms with Crippen LogP contribution in [-0.2, 0) is 0 Å². The Morgan fingerprint density at radius 2 is 2.50 bits per heavy atom. The Morgan fingerprint density at radius 3 is 2.88 bits per heavy atom. The van der Waals surface area contributed by atoms with Gasteiger partial charge in [-0.25, -0.2) is 4.39 Å². The van der Waals surface area contributed by atoms with E-state index in [1.165, 1.54) is 6.08 Å². The maximum absolute atomic E-state index is 12.2. The largest absolute Gasteiger partial charge is 0.207 e. The van der Waals surface area contributed by atoms with Crippen LogP contribution in [0.1, 0.15) is 6.42 Å². The molecule has 0 radical (unpaired) electrons. The predicted octanol–water partition coefficient (Wildman–Crippen LogP) is 2.60. The van der Waals surface area contributed by atoms with Crippen LogP contribution in [0.5, 0.6) is 0 Å². The molecule has 1 aliphatic rings. The Labute approximate surface area is 61.6 Å². The van der Waals surface area contributed by atoms with Gasteiger partial charge in [-0.05, 0) is 18.6 Å². The lowest BCUT2D eigenvalue weighted by atomic mass is 10.2. The number of alkyl halides is 1. The van der Waals surface area contributed by atoms with Crippen molar-refractivity contribution in [1.82, 2.24) is 0 Å². The van der Waals surface area contributed by atoms with Crippen LogP contribution in [-0.4, -0.2) is 3.92 Å². The van der Waals surface area contributed by atoms with Crippen molar-refractivity contribution in [3.05, 3.63) is 24.1 Å². The van der Waals surface area contributed by atoms with E-state index in [2.05, 4.69) is 22.6 Å². The summed E-state index contributed by atoms with van der Waals surface area (Å²) in [5.41, 5.74) is 0. The van der Waals surface area contributed by atoms with Gasteiger partial charge in [0.15, 0.2) is 0 Å². The summed E-state index contributed by atoms with van der Waals surface area (Å²) < 4.78 is 12.6. The zero-order valence-electron chi connectivity index (χ0n) is 4.27. The highest BCUT2D eigenvalue weighted by Gasteiger charge is 2.02. The van der Waals surface area contributed by atoms with Gasteiger partial charge in [0, 0.05) is 3.92 Å². The van der Waals surface area contributed by atoms with E-state index in [1.807, 2.05) is 6.08 Å². The molecule has 0 aromatic carbocycles. The van der Waals surface area contributed by atoms with Crippen molar-refractivity contribution in [1.29, 1.82) is 0 Å². The molecule has 0 N–H and O–H groups in total. The molecule has 0 saturated heterocycles. The molecule has 0 spiro atoms. The monoisotopic (exact) mass is 224 g/mol. The maximum Gasteiger partial charge on any atom is 0.119 e. The molecule has 0 aromatic rings. The van der Waals surface area contributed by atoms with E-state index in [9.17, 15) is 4.39 Å². The number of rotatable bonds is 0. The zero-order chi connectivity index (χ0) is 5.98. The molecule has 0 aromatic heterocycles. The number of halogens is 2. The van der Waals surface area contributed by atoms with Gasteiger partial charge in [-0.3, -0.25) is 0 Å². The summed E-state index contributed by atoms with van der Waals surface area (Å²) >= 11 is 2.20. The van der Waals surface area contributed by atoms with Gasteiger partial charge in [0.05, 0.1) is 0 Å². The fourth-order valence-electron chi connectivity index (χ4n) is 0.607. The van der Waals surface area contributed by atoms with Crippen LogP contribution < -0.4 is 0 Å². The Hall–Kier alpha value is 0.140. The third-order valence-electron chi connectivity index (χ3n) is 0.978. The van der Waals surface area contributed by atoms with E-state index in [0.29, 0.717) is 3.92 Å². The molecule has 0 bridgehead atoms. The van der Waals surface area contributed by atoms with Gasteiger partial charge in [0.2, 0.25) is 0 Å². The molecule has 44 valence electrons.